The van der Waals surface area contributed by atoms with Gasteiger partial charge in [-0.3, -0.25) is 0 Å². The van der Waals surface area contributed by atoms with Crippen LogP contribution in [0.25, 0.3) is 5.57 Å². The molecule has 0 spiro atoms. The number of nitrogens with two attached hydrogens (primary N) is 1. The van der Waals surface area contributed by atoms with Gasteiger partial charge in [0.1, 0.15) is 11.0 Å². The molecule has 0 saturated heterocycles. The van der Waals surface area contributed by atoms with Crippen molar-refractivity contribution in [2.45, 2.75) is 39.7 Å². The molecule has 120 valence electrons. The minimum atomic E-state index is -0.530. The Balaban J connectivity index is 0.00000116. The third-order valence-electron chi connectivity index (χ3n) is 3.00. The molecule has 0 atom stereocenters. The Labute approximate surface area is 141 Å². The van der Waals surface area contributed by atoms with Crippen LogP contribution in [0.15, 0.2) is 41.2 Å². The van der Waals surface area contributed by atoms with E-state index in [0.717, 1.165) is 11.1 Å². The van der Waals surface area contributed by atoms with Crippen molar-refractivity contribution in [3.8, 4) is 0 Å². The highest BCUT2D eigenvalue weighted by Gasteiger charge is 2.17. The molecular formula is C17H21Cl2FN2. The summed E-state index contributed by atoms with van der Waals surface area (Å²) in [4.78, 5) is 4.27. The Morgan fingerprint density at radius 1 is 1.18 bits per heavy atom. The second kappa shape index (κ2) is 7.91. The van der Waals surface area contributed by atoms with E-state index in [0.29, 0.717) is 17.3 Å². The van der Waals surface area contributed by atoms with E-state index >= 15 is 0 Å². The minimum Gasteiger partial charge on any atom is -0.322 e. The highest BCUT2D eigenvalue weighted by Crippen LogP contribution is 2.29. The highest BCUT2D eigenvalue weighted by molar-refractivity contribution is 6.30. The van der Waals surface area contributed by atoms with Gasteiger partial charge >= 0.3 is 0 Å². The fourth-order valence-electron chi connectivity index (χ4n) is 1.83. The summed E-state index contributed by atoms with van der Waals surface area (Å²) in [5.74, 6) is -0.431. The first-order valence-electron chi connectivity index (χ1n) is 7.17. The molecule has 0 fully saturated rings. The standard InChI is InChI=1S/C15H15Cl2FN2.C2H6/c1-15(2,19)10-7-13(20-14(17)8-10)9-3-5-11(16)12(18)6-4-9;1-2/h3-4,6-8H,5,19H2,1-2H3;1-2H3. The molecule has 1 aromatic rings. The van der Waals surface area contributed by atoms with Gasteiger partial charge in [-0.2, -0.15) is 0 Å². The molecule has 1 aliphatic carbocycles. The Kier molecular flexibility index (Phi) is 6.79. The largest absolute Gasteiger partial charge is 0.322 e. The highest BCUT2D eigenvalue weighted by atomic mass is 35.5. The quantitative estimate of drug-likeness (QED) is 0.698. The molecule has 1 aliphatic rings. The number of nitrogens with zero attached hydrogens (tertiary/aromatic N) is 1. The molecule has 0 radical (unpaired) electrons. The maximum absolute atomic E-state index is 13.4. The van der Waals surface area contributed by atoms with Crippen molar-refractivity contribution in [2.75, 3.05) is 0 Å². The Bertz CT molecular complexity index is 626. The van der Waals surface area contributed by atoms with E-state index in [1.807, 2.05) is 39.8 Å². The van der Waals surface area contributed by atoms with Crippen LogP contribution in [-0.4, -0.2) is 4.98 Å². The molecule has 1 aromatic heterocycles. The van der Waals surface area contributed by atoms with Crippen molar-refractivity contribution in [2.24, 2.45) is 5.73 Å². The minimum absolute atomic E-state index is 0.178. The van der Waals surface area contributed by atoms with Crippen LogP contribution in [0.2, 0.25) is 5.15 Å². The lowest BCUT2D eigenvalue weighted by Gasteiger charge is -2.20. The summed E-state index contributed by atoms with van der Waals surface area (Å²) in [6, 6.07) is 3.59. The second-order valence-electron chi connectivity index (χ2n) is 5.24. The third-order valence-corrected chi connectivity index (χ3v) is 3.53. The fraction of sp³-hybridized carbons (Fsp3) is 0.353. The van der Waals surface area contributed by atoms with Gasteiger partial charge in [0.25, 0.3) is 0 Å². The van der Waals surface area contributed by atoms with Crippen molar-refractivity contribution in [1.29, 1.82) is 0 Å². The number of allylic oxidation sites excluding steroid dienone is 6. The van der Waals surface area contributed by atoms with Gasteiger partial charge in [-0.25, -0.2) is 9.37 Å². The summed E-state index contributed by atoms with van der Waals surface area (Å²) in [5.41, 5.74) is 7.84. The lowest BCUT2D eigenvalue weighted by atomic mass is 9.95. The van der Waals surface area contributed by atoms with Crippen LogP contribution in [0.5, 0.6) is 0 Å². The number of hydrogen-bond acceptors (Lipinski definition) is 2. The van der Waals surface area contributed by atoms with Gasteiger partial charge in [0.05, 0.1) is 10.7 Å². The molecule has 0 bridgehead atoms. The maximum Gasteiger partial charge on any atom is 0.138 e. The van der Waals surface area contributed by atoms with Crippen LogP contribution < -0.4 is 5.73 Å². The second-order valence-corrected chi connectivity index (χ2v) is 6.08. The molecule has 2 rings (SSSR count). The van der Waals surface area contributed by atoms with Gasteiger partial charge < -0.3 is 5.73 Å². The van der Waals surface area contributed by atoms with Crippen LogP contribution >= 0.6 is 23.2 Å². The number of hydrogen-bond donors (Lipinski definition) is 1. The molecule has 0 aromatic carbocycles. The molecule has 5 heteroatoms. The molecule has 2 N–H and O–H groups in total. The molecule has 0 saturated carbocycles. The monoisotopic (exact) mass is 342 g/mol. The number of halogens is 3. The number of aromatic nitrogens is 1. The topological polar surface area (TPSA) is 38.9 Å². The SMILES string of the molecule is CC.CC(C)(N)c1cc(Cl)nc(C2=CCC(Cl)=C(F)C=C2)c1. The predicted octanol–water partition coefficient (Wildman–Crippen LogP) is 5.72. The summed E-state index contributed by atoms with van der Waals surface area (Å²) in [5, 5.41) is 0.534. The van der Waals surface area contributed by atoms with E-state index in [1.54, 1.807) is 12.1 Å². The van der Waals surface area contributed by atoms with Gasteiger partial charge in [0.2, 0.25) is 0 Å². The molecule has 22 heavy (non-hydrogen) atoms. The van der Waals surface area contributed by atoms with Crippen molar-refractivity contribution >= 4 is 28.8 Å². The van der Waals surface area contributed by atoms with Gasteiger partial charge in [0, 0.05) is 12.0 Å². The normalized spacial score (nSPS) is 15.0. The molecule has 2 nitrogen and oxygen atoms in total. The first-order chi connectivity index (χ1) is 10.3. The fourth-order valence-corrected chi connectivity index (χ4v) is 2.17. The zero-order valence-corrected chi connectivity index (χ0v) is 14.8. The van der Waals surface area contributed by atoms with Crippen molar-refractivity contribution < 1.29 is 4.39 Å². The Morgan fingerprint density at radius 3 is 2.41 bits per heavy atom. The molecule has 0 aliphatic heterocycles. The van der Waals surface area contributed by atoms with Crippen LogP contribution in [0, 0.1) is 0 Å². The summed E-state index contributed by atoms with van der Waals surface area (Å²) in [7, 11) is 0. The molecule has 1 heterocycles. The lowest BCUT2D eigenvalue weighted by Crippen LogP contribution is -2.28. The summed E-state index contributed by atoms with van der Waals surface area (Å²) < 4.78 is 13.4. The summed E-state index contributed by atoms with van der Waals surface area (Å²) in [6.45, 7) is 7.77. The molecule has 0 amide bonds. The van der Waals surface area contributed by atoms with Crippen molar-refractivity contribution in [3.63, 3.8) is 0 Å². The van der Waals surface area contributed by atoms with Crippen LogP contribution in [0.1, 0.15) is 45.4 Å². The smallest absolute Gasteiger partial charge is 0.138 e. The number of rotatable bonds is 2. The van der Waals surface area contributed by atoms with E-state index in [2.05, 4.69) is 4.98 Å². The summed E-state index contributed by atoms with van der Waals surface area (Å²) >= 11 is 11.8. The zero-order chi connectivity index (χ0) is 16.9. The van der Waals surface area contributed by atoms with E-state index in [4.69, 9.17) is 28.9 Å². The maximum atomic E-state index is 13.4. The van der Waals surface area contributed by atoms with Gasteiger partial charge in [-0.1, -0.05) is 49.2 Å². The van der Waals surface area contributed by atoms with E-state index in [-0.39, 0.29) is 5.03 Å². The van der Waals surface area contributed by atoms with Gasteiger partial charge in [-0.15, -0.1) is 0 Å². The predicted molar refractivity (Wildman–Crippen MR) is 93.5 cm³/mol. The van der Waals surface area contributed by atoms with Crippen molar-refractivity contribution in [3.05, 3.63) is 57.6 Å². The van der Waals surface area contributed by atoms with Crippen LogP contribution in [0.3, 0.4) is 0 Å². The first kappa shape index (κ1) is 18.9. The third kappa shape index (κ3) is 4.94. The first-order valence-corrected chi connectivity index (χ1v) is 7.92. The van der Waals surface area contributed by atoms with Crippen molar-refractivity contribution in [1.82, 2.24) is 4.98 Å². The van der Waals surface area contributed by atoms with E-state index in [9.17, 15) is 4.39 Å². The van der Waals surface area contributed by atoms with Gasteiger partial charge in [-0.05, 0) is 43.2 Å². The summed E-state index contributed by atoms with van der Waals surface area (Å²) in [6.07, 6.45) is 5.11. The van der Waals surface area contributed by atoms with Gasteiger partial charge in [0.15, 0.2) is 0 Å². The lowest BCUT2D eigenvalue weighted by molar-refractivity contribution is 0.553. The van der Waals surface area contributed by atoms with Crippen LogP contribution in [0.4, 0.5) is 4.39 Å². The average molecular weight is 343 g/mol. The zero-order valence-electron chi connectivity index (χ0n) is 13.3. The Morgan fingerprint density at radius 2 is 1.82 bits per heavy atom. The van der Waals surface area contributed by atoms with Crippen LogP contribution in [-0.2, 0) is 5.54 Å². The molecular weight excluding hydrogens is 322 g/mol. The van der Waals surface area contributed by atoms with E-state index < -0.39 is 11.4 Å². The average Bonchev–Trinajstić information content (AvgIpc) is 2.62. The molecule has 0 unspecified atom stereocenters. The van der Waals surface area contributed by atoms with E-state index in [1.165, 1.54) is 6.08 Å². The number of pyridine rings is 1. The Hall–Kier alpha value is -1.16.